The molecule has 0 unspecified atom stereocenters. The quantitative estimate of drug-likeness (QED) is 0.773. The van der Waals surface area contributed by atoms with Crippen LogP contribution in [0.3, 0.4) is 0 Å². The van der Waals surface area contributed by atoms with Crippen molar-refractivity contribution in [2.24, 2.45) is 0 Å². The lowest BCUT2D eigenvalue weighted by atomic mass is 10.2. The molecule has 1 N–H and O–H groups in total. The Labute approximate surface area is 112 Å². The van der Waals surface area contributed by atoms with Crippen molar-refractivity contribution in [3.8, 4) is 6.07 Å². The molecule has 1 aromatic carbocycles. The second kappa shape index (κ2) is 7.93. The van der Waals surface area contributed by atoms with Crippen molar-refractivity contribution < 1.29 is 9.47 Å². The summed E-state index contributed by atoms with van der Waals surface area (Å²) in [4.78, 5) is 0. The molecule has 0 aliphatic rings. The fraction of sp³-hybridized carbons (Fsp3) is 0.462. The zero-order valence-electron chi connectivity index (χ0n) is 10.6. The summed E-state index contributed by atoms with van der Waals surface area (Å²) in [5.74, 6) is 0. The molecular formula is C13H17ClN2O2. The van der Waals surface area contributed by atoms with Crippen molar-refractivity contribution in [3.63, 3.8) is 0 Å². The molecule has 0 saturated carbocycles. The van der Waals surface area contributed by atoms with Crippen molar-refractivity contribution in [2.75, 3.05) is 25.1 Å². The molecule has 0 bridgehead atoms. The van der Waals surface area contributed by atoms with Gasteiger partial charge in [-0.25, -0.2) is 0 Å². The van der Waals surface area contributed by atoms with E-state index < -0.39 is 0 Å². The van der Waals surface area contributed by atoms with E-state index in [0.29, 0.717) is 36.0 Å². The van der Waals surface area contributed by atoms with Gasteiger partial charge in [0, 0.05) is 18.2 Å². The Morgan fingerprint density at radius 1 is 1.33 bits per heavy atom. The van der Waals surface area contributed by atoms with E-state index in [9.17, 15) is 0 Å². The number of halogens is 1. The average Bonchev–Trinajstić information content (AvgIpc) is 2.36. The van der Waals surface area contributed by atoms with Crippen LogP contribution in [-0.2, 0) is 9.47 Å². The van der Waals surface area contributed by atoms with Gasteiger partial charge in [-0.1, -0.05) is 11.6 Å². The summed E-state index contributed by atoms with van der Waals surface area (Å²) in [6.45, 7) is 5.44. The van der Waals surface area contributed by atoms with Crippen LogP contribution in [0.4, 0.5) is 5.69 Å². The summed E-state index contributed by atoms with van der Waals surface area (Å²) in [7, 11) is 0. The Morgan fingerprint density at radius 3 is 2.56 bits per heavy atom. The normalized spacial score (nSPS) is 10.4. The van der Waals surface area contributed by atoms with Crippen LogP contribution in [0.2, 0.25) is 5.02 Å². The van der Waals surface area contributed by atoms with Gasteiger partial charge in [0.1, 0.15) is 6.07 Å². The SMILES string of the molecule is CCOC(CNc1cc(Cl)ccc1C#N)OCC. The summed E-state index contributed by atoms with van der Waals surface area (Å²) in [6.07, 6.45) is -0.328. The number of hydrogen-bond donors (Lipinski definition) is 1. The predicted molar refractivity (Wildman–Crippen MR) is 71.7 cm³/mol. The molecule has 0 amide bonds. The van der Waals surface area contributed by atoms with Gasteiger partial charge in [-0.3, -0.25) is 0 Å². The lowest BCUT2D eigenvalue weighted by molar-refractivity contribution is -0.126. The van der Waals surface area contributed by atoms with E-state index in [0.717, 1.165) is 0 Å². The molecule has 0 aliphatic carbocycles. The van der Waals surface area contributed by atoms with Gasteiger partial charge >= 0.3 is 0 Å². The highest BCUT2D eigenvalue weighted by Crippen LogP contribution is 2.20. The Hall–Kier alpha value is -1.28. The largest absolute Gasteiger partial charge is 0.379 e. The van der Waals surface area contributed by atoms with Gasteiger partial charge in [0.15, 0.2) is 6.29 Å². The summed E-state index contributed by atoms with van der Waals surface area (Å²) in [6, 6.07) is 7.19. The van der Waals surface area contributed by atoms with Crippen LogP contribution in [0.5, 0.6) is 0 Å². The van der Waals surface area contributed by atoms with Crippen LogP contribution in [0.25, 0.3) is 0 Å². The summed E-state index contributed by atoms with van der Waals surface area (Å²) in [5, 5.41) is 12.7. The first-order chi connectivity index (χ1) is 8.71. The zero-order valence-corrected chi connectivity index (χ0v) is 11.3. The third-order valence-corrected chi connectivity index (χ3v) is 2.50. The fourth-order valence-electron chi connectivity index (χ4n) is 1.49. The van der Waals surface area contributed by atoms with Crippen LogP contribution >= 0.6 is 11.6 Å². The van der Waals surface area contributed by atoms with Crippen molar-refractivity contribution >= 4 is 17.3 Å². The Kier molecular flexibility index (Phi) is 6.51. The van der Waals surface area contributed by atoms with Crippen LogP contribution in [-0.4, -0.2) is 26.0 Å². The smallest absolute Gasteiger partial charge is 0.174 e. The second-order valence-electron chi connectivity index (χ2n) is 3.52. The number of nitrogens with one attached hydrogen (secondary N) is 1. The molecular weight excluding hydrogens is 252 g/mol. The van der Waals surface area contributed by atoms with Gasteiger partial charge in [0.2, 0.25) is 0 Å². The molecule has 1 aromatic rings. The first-order valence-corrected chi connectivity index (χ1v) is 6.25. The first-order valence-electron chi connectivity index (χ1n) is 5.88. The van der Waals surface area contributed by atoms with Gasteiger partial charge in [-0.05, 0) is 32.0 Å². The maximum absolute atomic E-state index is 8.99. The molecule has 4 nitrogen and oxygen atoms in total. The molecule has 98 valence electrons. The number of nitrogens with zero attached hydrogens (tertiary/aromatic N) is 1. The van der Waals surface area contributed by atoms with Gasteiger partial charge in [-0.15, -0.1) is 0 Å². The fourth-order valence-corrected chi connectivity index (χ4v) is 1.66. The monoisotopic (exact) mass is 268 g/mol. The van der Waals surface area contributed by atoms with Gasteiger partial charge < -0.3 is 14.8 Å². The maximum Gasteiger partial charge on any atom is 0.174 e. The Balaban J connectivity index is 2.66. The highest BCUT2D eigenvalue weighted by molar-refractivity contribution is 6.30. The number of ether oxygens (including phenoxy) is 2. The van der Waals surface area contributed by atoms with E-state index in [1.165, 1.54) is 0 Å². The average molecular weight is 269 g/mol. The lowest BCUT2D eigenvalue weighted by Crippen LogP contribution is -2.26. The number of hydrogen-bond acceptors (Lipinski definition) is 4. The van der Waals surface area contributed by atoms with Crippen LogP contribution in [0, 0.1) is 11.3 Å². The van der Waals surface area contributed by atoms with Crippen molar-refractivity contribution in [1.29, 1.82) is 5.26 Å². The van der Waals surface area contributed by atoms with Crippen molar-refractivity contribution in [1.82, 2.24) is 0 Å². The van der Waals surface area contributed by atoms with Crippen LogP contribution in [0.15, 0.2) is 18.2 Å². The van der Waals surface area contributed by atoms with E-state index in [1.54, 1.807) is 18.2 Å². The maximum atomic E-state index is 8.99. The number of rotatable bonds is 7. The van der Waals surface area contributed by atoms with Crippen molar-refractivity contribution in [3.05, 3.63) is 28.8 Å². The topological polar surface area (TPSA) is 54.3 Å². The standard InChI is InChI=1S/C13H17ClN2O2/c1-3-17-13(18-4-2)9-16-12-7-11(14)6-5-10(12)8-15/h5-7,13,16H,3-4,9H2,1-2H3. The van der Waals surface area contributed by atoms with Gasteiger partial charge in [-0.2, -0.15) is 5.26 Å². The molecule has 5 heteroatoms. The molecule has 18 heavy (non-hydrogen) atoms. The van der Waals surface area contributed by atoms with E-state index in [1.807, 2.05) is 13.8 Å². The zero-order chi connectivity index (χ0) is 13.4. The minimum atomic E-state index is -0.328. The number of anilines is 1. The van der Waals surface area contributed by atoms with Crippen LogP contribution < -0.4 is 5.32 Å². The van der Waals surface area contributed by atoms with Gasteiger partial charge in [0.05, 0.1) is 17.8 Å². The van der Waals surface area contributed by atoms with Gasteiger partial charge in [0.25, 0.3) is 0 Å². The van der Waals surface area contributed by atoms with E-state index in [2.05, 4.69) is 11.4 Å². The molecule has 0 radical (unpaired) electrons. The third-order valence-electron chi connectivity index (χ3n) is 2.27. The Morgan fingerprint density at radius 2 is 2.00 bits per heavy atom. The number of benzene rings is 1. The van der Waals surface area contributed by atoms with Crippen molar-refractivity contribution in [2.45, 2.75) is 20.1 Å². The third kappa shape index (κ3) is 4.53. The van der Waals surface area contributed by atoms with E-state index >= 15 is 0 Å². The highest BCUT2D eigenvalue weighted by Gasteiger charge is 2.09. The molecule has 0 aliphatic heterocycles. The molecule has 0 atom stereocenters. The second-order valence-corrected chi connectivity index (χ2v) is 3.96. The molecule has 1 rings (SSSR count). The number of nitriles is 1. The molecule has 0 fully saturated rings. The Bertz CT molecular complexity index is 412. The van der Waals surface area contributed by atoms with E-state index in [4.69, 9.17) is 26.3 Å². The summed E-state index contributed by atoms with van der Waals surface area (Å²) < 4.78 is 10.8. The molecule has 0 heterocycles. The summed E-state index contributed by atoms with van der Waals surface area (Å²) >= 11 is 5.90. The van der Waals surface area contributed by atoms with Crippen LogP contribution in [0.1, 0.15) is 19.4 Å². The molecule has 0 aromatic heterocycles. The minimum Gasteiger partial charge on any atom is -0.379 e. The molecule has 0 spiro atoms. The van der Waals surface area contributed by atoms with E-state index in [-0.39, 0.29) is 6.29 Å². The minimum absolute atomic E-state index is 0.328. The first kappa shape index (κ1) is 14.8. The summed E-state index contributed by atoms with van der Waals surface area (Å²) in [5.41, 5.74) is 1.24. The highest BCUT2D eigenvalue weighted by atomic mass is 35.5. The predicted octanol–water partition coefficient (Wildman–Crippen LogP) is 3.02. The molecule has 0 saturated heterocycles. The lowest BCUT2D eigenvalue weighted by Gasteiger charge is -2.18.